The molecule has 1 saturated heterocycles. The minimum atomic E-state index is -4.59. The third-order valence-corrected chi connectivity index (χ3v) is 5.00. The van der Waals surface area contributed by atoms with Gasteiger partial charge in [0.25, 0.3) is 5.91 Å². The summed E-state index contributed by atoms with van der Waals surface area (Å²) in [6.07, 6.45) is -2.66. The average Bonchev–Trinajstić information content (AvgIpc) is 3.09. The number of thioether (sulfide) groups is 1. The van der Waals surface area contributed by atoms with E-state index < -0.39 is 23.2 Å². The maximum atomic E-state index is 13.0. The van der Waals surface area contributed by atoms with Crippen molar-refractivity contribution in [3.8, 4) is 0 Å². The number of nitrogens with one attached hydrogen (secondary N) is 1. The lowest BCUT2D eigenvalue weighted by atomic mass is 10.0. The van der Waals surface area contributed by atoms with Gasteiger partial charge in [-0.3, -0.25) is 4.79 Å². The van der Waals surface area contributed by atoms with Gasteiger partial charge in [-0.05, 0) is 36.5 Å². The van der Waals surface area contributed by atoms with Crippen LogP contribution >= 0.6 is 11.8 Å². The van der Waals surface area contributed by atoms with Gasteiger partial charge in [-0.2, -0.15) is 29.9 Å². The predicted molar refractivity (Wildman–Crippen MR) is 86.2 cm³/mol. The Labute approximate surface area is 146 Å². The molecule has 2 heterocycles. The average molecular weight is 371 g/mol. The molecule has 0 spiro atoms. The van der Waals surface area contributed by atoms with Crippen molar-refractivity contribution in [2.75, 3.05) is 11.5 Å². The molecule has 1 N–H and O–H groups in total. The first-order chi connectivity index (χ1) is 11.9. The van der Waals surface area contributed by atoms with Crippen molar-refractivity contribution in [2.45, 2.75) is 31.5 Å². The third-order valence-electron chi connectivity index (χ3n) is 3.95. The van der Waals surface area contributed by atoms with E-state index in [-0.39, 0.29) is 18.4 Å². The largest absolute Gasteiger partial charge is 0.417 e. The maximum Gasteiger partial charge on any atom is 0.417 e. The van der Waals surface area contributed by atoms with E-state index in [0.29, 0.717) is 5.82 Å². The van der Waals surface area contributed by atoms with Gasteiger partial charge in [-0.15, -0.1) is 0 Å². The lowest BCUT2D eigenvalue weighted by molar-refractivity contribution is -0.137. The van der Waals surface area contributed by atoms with Crippen LogP contribution in [0.1, 0.15) is 46.4 Å². The number of amides is 1. The molecule has 0 saturated carbocycles. The number of nitrogens with zero attached hydrogens (tertiary/aromatic N) is 2. The Morgan fingerprint density at radius 2 is 2.00 bits per heavy atom. The van der Waals surface area contributed by atoms with Crippen molar-refractivity contribution in [3.05, 3.63) is 47.1 Å². The molecule has 0 unspecified atom stereocenters. The SMILES string of the molecule is O=C(NCc1nc(C2CCSCC2)no1)c1ccccc1C(F)(F)F. The summed E-state index contributed by atoms with van der Waals surface area (Å²) in [6.45, 7) is -0.112. The highest BCUT2D eigenvalue weighted by atomic mass is 32.2. The first kappa shape index (κ1) is 17.8. The molecule has 2 aromatic rings. The van der Waals surface area contributed by atoms with Crippen molar-refractivity contribution < 1.29 is 22.5 Å². The van der Waals surface area contributed by atoms with Crippen LogP contribution in [0.15, 0.2) is 28.8 Å². The molecule has 1 aliphatic rings. The summed E-state index contributed by atoms with van der Waals surface area (Å²) in [4.78, 5) is 16.3. The number of alkyl halides is 3. The molecule has 134 valence electrons. The lowest BCUT2D eigenvalue weighted by Crippen LogP contribution is -2.26. The smallest absolute Gasteiger partial charge is 0.343 e. The Kier molecular flexibility index (Phi) is 5.31. The Morgan fingerprint density at radius 3 is 2.72 bits per heavy atom. The second kappa shape index (κ2) is 7.47. The number of carbonyl (C=O) groups excluding carboxylic acids is 1. The number of halogens is 3. The molecule has 5 nitrogen and oxygen atoms in total. The number of benzene rings is 1. The Hall–Kier alpha value is -2.03. The van der Waals surface area contributed by atoms with Crippen molar-refractivity contribution in [1.29, 1.82) is 0 Å². The molecule has 0 radical (unpaired) electrons. The van der Waals surface area contributed by atoms with E-state index in [0.717, 1.165) is 36.5 Å². The summed E-state index contributed by atoms with van der Waals surface area (Å²) in [5.41, 5.74) is -1.41. The van der Waals surface area contributed by atoms with Crippen LogP contribution < -0.4 is 5.32 Å². The van der Waals surface area contributed by atoms with Crippen molar-refractivity contribution in [3.63, 3.8) is 0 Å². The molecule has 0 atom stereocenters. The molecule has 0 aliphatic carbocycles. The topological polar surface area (TPSA) is 68.0 Å². The fraction of sp³-hybridized carbons (Fsp3) is 0.438. The van der Waals surface area contributed by atoms with E-state index in [1.54, 1.807) is 0 Å². The van der Waals surface area contributed by atoms with Crippen LogP contribution in [0.3, 0.4) is 0 Å². The Balaban J connectivity index is 1.64. The van der Waals surface area contributed by atoms with E-state index in [2.05, 4.69) is 15.5 Å². The summed E-state index contributed by atoms with van der Waals surface area (Å²) in [5, 5.41) is 6.33. The second-order valence-electron chi connectivity index (χ2n) is 5.66. The molecule has 9 heteroatoms. The van der Waals surface area contributed by atoms with E-state index in [1.165, 1.54) is 12.1 Å². The van der Waals surface area contributed by atoms with Gasteiger partial charge >= 0.3 is 6.18 Å². The van der Waals surface area contributed by atoms with E-state index in [9.17, 15) is 18.0 Å². The third kappa shape index (κ3) is 4.33. The second-order valence-corrected chi connectivity index (χ2v) is 6.88. The molecule has 1 aromatic carbocycles. The van der Waals surface area contributed by atoms with Crippen LogP contribution in [0.2, 0.25) is 0 Å². The van der Waals surface area contributed by atoms with Crippen LogP contribution in [0.5, 0.6) is 0 Å². The Morgan fingerprint density at radius 1 is 1.28 bits per heavy atom. The molecule has 1 aromatic heterocycles. The fourth-order valence-corrected chi connectivity index (χ4v) is 3.75. The van der Waals surface area contributed by atoms with E-state index in [4.69, 9.17) is 4.52 Å². The van der Waals surface area contributed by atoms with Crippen molar-refractivity contribution in [2.24, 2.45) is 0 Å². The number of aromatic nitrogens is 2. The monoisotopic (exact) mass is 371 g/mol. The van der Waals surface area contributed by atoms with Crippen LogP contribution in [-0.4, -0.2) is 27.6 Å². The van der Waals surface area contributed by atoms with Gasteiger partial charge in [-0.25, -0.2) is 0 Å². The van der Waals surface area contributed by atoms with Gasteiger partial charge in [-0.1, -0.05) is 17.3 Å². The minimum absolute atomic E-state index is 0.112. The molecular formula is C16H16F3N3O2S. The van der Waals surface area contributed by atoms with Gasteiger partial charge in [0.05, 0.1) is 17.7 Å². The summed E-state index contributed by atoms with van der Waals surface area (Å²) < 4.78 is 44.0. The van der Waals surface area contributed by atoms with E-state index >= 15 is 0 Å². The number of carbonyl (C=O) groups is 1. The fourth-order valence-electron chi connectivity index (χ4n) is 2.64. The maximum absolute atomic E-state index is 13.0. The van der Waals surface area contributed by atoms with Crippen LogP contribution in [0.25, 0.3) is 0 Å². The molecule has 1 amide bonds. The molecule has 1 fully saturated rings. The van der Waals surface area contributed by atoms with Crippen LogP contribution in [-0.2, 0) is 12.7 Å². The molecular weight excluding hydrogens is 355 g/mol. The zero-order valence-corrected chi connectivity index (χ0v) is 14.0. The van der Waals surface area contributed by atoms with Crippen LogP contribution in [0.4, 0.5) is 13.2 Å². The number of rotatable bonds is 4. The minimum Gasteiger partial charge on any atom is -0.343 e. The highest BCUT2D eigenvalue weighted by Crippen LogP contribution is 2.32. The molecule has 3 rings (SSSR count). The van der Waals surface area contributed by atoms with Gasteiger partial charge in [0.15, 0.2) is 5.82 Å². The normalized spacial score (nSPS) is 16.0. The highest BCUT2D eigenvalue weighted by molar-refractivity contribution is 7.99. The van der Waals surface area contributed by atoms with Gasteiger partial charge < -0.3 is 9.84 Å². The highest BCUT2D eigenvalue weighted by Gasteiger charge is 2.34. The Bertz CT molecular complexity index is 742. The van der Waals surface area contributed by atoms with Crippen molar-refractivity contribution >= 4 is 17.7 Å². The molecule has 25 heavy (non-hydrogen) atoms. The zero-order chi connectivity index (χ0) is 17.9. The van der Waals surface area contributed by atoms with Crippen LogP contribution in [0, 0.1) is 0 Å². The summed E-state index contributed by atoms with van der Waals surface area (Å²) in [7, 11) is 0. The number of hydrogen-bond donors (Lipinski definition) is 1. The lowest BCUT2D eigenvalue weighted by Gasteiger charge is -2.17. The molecule has 0 bridgehead atoms. The first-order valence-corrected chi connectivity index (χ1v) is 8.95. The molecule has 1 aliphatic heterocycles. The van der Waals surface area contributed by atoms with Gasteiger partial charge in [0.2, 0.25) is 5.89 Å². The number of hydrogen-bond acceptors (Lipinski definition) is 5. The summed E-state index contributed by atoms with van der Waals surface area (Å²) >= 11 is 1.88. The van der Waals surface area contributed by atoms with Crippen molar-refractivity contribution in [1.82, 2.24) is 15.5 Å². The zero-order valence-electron chi connectivity index (χ0n) is 13.2. The van der Waals surface area contributed by atoms with Gasteiger partial charge in [0, 0.05) is 5.92 Å². The predicted octanol–water partition coefficient (Wildman–Crippen LogP) is 3.63. The first-order valence-electron chi connectivity index (χ1n) is 7.80. The quantitative estimate of drug-likeness (QED) is 0.889. The van der Waals surface area contributed by atoms with Gasteiger partial charge in [0.1, 0.15) is 0 Å². The summed E-state index contributed by atoms with van der Waals surface area (Å²) in [6, 6.07) is 4.64. The standard InChI is InChI=1S/C16H16F3N3O2S/c17-16(18,19)12-4-2-1-3-11(12)15(23)20-9-13-21-14(22-24-13)10-5-7-25-8-6-10/h1-4,10H,5-9H2,(H,20,23). The summed E-state index contributed by atoms with van der Waals surface area (Å²) in [5.74, 6) is 2.27. The van der Waals surface area contributed by atoms with E-state index in [1.807, 2.05) is 11.8 Å².